The second kappa shape index (κ2) is 4.67. The first-order chi connectivity index (χ1) is 8.79. The minimum atomic E-state index is 0.109. The zero-order valence-electron chi connectivity index (χ0n) is 11.2. The van der Waals surface area contributed by atoms with E-state index in [4.69, 9.17) is 4.74 Å². The molecule has 0 aromatic heterocycles. The Kier molecular flexibility index (Phi) is 3.16. The maximum absolute atomic E-state index is 5.94. The van der Waals surface area contributed by atoms with Crippen LogP contribution in [-0.4, -0.2) is 25.8 Å². The van der Waals surface area contributed by atoms with Crippen molar-refractivity contribution in [2.75, 3.05) is 20.2 Å². The first kappa shape index (κ1) is 12.2. The van der Waals surface area contributed by atoms with Gasteiger partial charge < -0.3 is 10.1 Å². The van der Waals surface area contributed by atoms with Crippen molar-refractivity contribution in [1.29, 1.82) is 0 Å². The molecule has 2 fully saturated rings. The molecule has 1 heterocycles. The highest BCUT2D eigenvalue weighted by Gasteiger charge is 2.50. The smallest absolute Gasteiger partial charge is 0.0711 e. The quantitative estimate of drug-likeness (QED) is 0.880. The molecule has 98 valence electrons. The van der Waals surface area contributed by atoms with Gasteiger partial charge in [-0.25, -0.2) is 0 Å². The number of nitrogens with one attached hydrogen (secondary N) is 1. The van der Waals surface area contributed by atoms with Gasteiger partial charge in [0.25, 0.3) is 0 Å². The molecule has 1 saturated heterocycles. The average molecular weight is 245 g/mol. The van der Waals surface area contributed by atoms with Crippen LogP contribution in [-0.2, 0) is 10.2 Å². The Balaban J connectivity index is 1.79. The molecule has 1 aliphatic heterocycles. The van der Waals surface area contributed by atoms with Gasteiger partial charge in [-0.1, -0.05) is 30.3 Å². The average Bonchev–Trinajstić information content (AvgIpc) is 3.22. The lowest BCUT2D eigenvalue weighted by Crippen LogP contribution is -2.45. The Morgan fingerprint density at radius 3 is 2.28 bits per heavy atom. The molecular formula is C16H23NO. The van der Waals surface area contributed by atoms with Crippen LogP contribution < -0.4 is 5.32 Å². The molecule has 0 atom stereocenters. The number of methoxy groups -OCH3 is 1. The Morgan fingerprint density at radius 1 is 1.06 bits per heavy atom. The van der Waals surface area contributed by atoms with E-state index in [9.17, 15) is 0 Å². The van der Waals surface area contributed by atoms with Gasteiger partial charge in [-0.2, -0.15) is 0 Å². The third-order valence-electron chi connectivity index (χ3n) is 4.85. The summed E-state index contributed by atoms with van der Waals surface area (Å²) in [6.07, 6.45) is 6.16. The molecule has 1 aromatic rings. The van der Waals surface area contributed by atoms with Gasteiger partial charge in [0.1, 0.15) is 0 Å². The maximum Gasteiger partial charge on any atom is 0.0711 e. The Hall–Kier alpha value is -0.860. The van der Waals surface area contributed by atoms with E-state index in [1.807, 2.05) is 7.11 Å². The molecule has 3 rings (SSSR count). The van der Waals surface area contributed by atoms with E-state index in [0.29, 0.717) is 5.41 Å². The van der Waals surface area contributed by atoms with Gasteiger partial charge in [0.15, 0.2) is 0 Å². The fraction of sp³-hybridized carbons (Fsp3) is 0.625. The lowest BCUT2D eigenvalue weighted by atomic mass is 9.78. The maximum atomic E-state index is 5.94. The molecule has 2 nitrogen and oxygen atoms in total. The van der Waals surface area contributed by atoms with Gasteiger partial charge in [-0.05, 0) is 56.2 Å². The van der Waals surface area contributed by atoms with Crippen molar-refractivity contribution in [3.8, 4) is 0 Å². The molecule has 1 aromatic carbocycles. The standard InChI is InChI=1S/C16H23NO/c1-18-16(9-11-17-12-10-16)13-15(7-8-15)14-5-3-2-4-6-14/h2-6,17H,7-13H2,1H3. The predicted molar refractivity (Wildman–Crippen MR) is 73.8 cm³/mol. The van der Waals surface area contributed by atoms with Gasteiger partial charge >= 0.3 is 0 Å². The van der Waals surface area contributed by atoms with Crippen molar-refractivity contribution < 1.29 is 4.74 Å². The first-order valence-corrected chi connectivity index (χ1v) is 7.10. The molecule has 1 N–H and O–H groups in total. The van der Waals surface area contributed by atoms with Crippen LogP contribution in [0.25, 0.3) is 0 Å². The van der Waals surface area contributed by atoms with Crippen LogP contribution >= 0.6 is 0 Å². The summed E-state index contributed by atoms with van der Waals surface area (Å²) in [6, 6.07) is 11.0. The summed E-state index contributed by atoms with van der Waals surface area (Å²) in [4.78, 5) is 0. The summed E-state index contributed by atoms with van der Waals surface area (Å²) < 4.78 is 5.94. The highest BCUT2D eigenvalue weighted by atomic mass is 16.5. The summed E-state index contributed by atoms with van der Waals surface area (Å²) in [7, 11) is 1.90. The minimum absolute atomic E-state index is 0.109. The molecule has 2 heteroatoms. The summed E-state index contributed by atoms with van der Waals surface area (Å²) in [5.74, 6) is 0. The van der Waals surface area contributed by atoms with Crippen molar-refractivity contribution in [2.45, 2.75) is 43.1 Å². The molecule has 0 unspecified atom stereocenters. The highest BCUT2D eigenvalue weighted by Crippen LogP contribution is 2.55. The van der Waals surface area contributed by atoms with Gasteiger partial charge in [-0.3, -0.25) is 0 Å². The van der Waals surface area contributed by atoms with Crippen LogP contribution in [0.15, 0.2) is 30.3 Å². The van der Waals surface area contributed by atoms with Crippen LogP contribution in [0.1, 0.15) is 37.7 Å². The molecule has 0 amide bonds. The fourth-order valence-electron chi connectivity index (χ4n) is 3.46. The van der Waals surface area contributed by atoms with Crippen molar-refractivity contribution >= 4 is 0 Å². The van der Waals surface area contributed by atoms with E-state index < -0.39 is 0 Å². The molecule has 0 spiro atoms. The lowest BCUT2D eigenvalue weighted by molar-refractivity contribution is -0.0476. The topological polar surface area (TPSA) is 21.3 Å². The van der Waals surface area contributed by atoms with Crippen LogP contribution in [0.5, 0.6) is 0 Å². The summed E-state index contributed by atoms with van der Waals surface area (Å²) >= 11 is 0. The Morgan fingerprint density at radius 2 is 1.72 bits per heavy atom. The lowest BCUT2D eigenvalue weighted by Gasteiger charge is -2.39. The molecule has 0 radical (unpaired) electrons. The molecule has 0 bridgehead atoms. The van der Waals surface area contributed by atoms with Crippen molar-refractivity contribution in [2.24, 2.45) is 0 Å². The van der Waals surface area contributed by atoms with E-state index in [0.717, 1.165) is 25.9 Å². The monoisotopic (exact) mass is 245 g/mol. The van der Waals surface area contributed by atoms with Crippen LogP contribution in [0.4, 0.5) is 0 Å². The van der Waals surface area contributed by atoms with Crippen LogP contribution in [0, 0.1) is 0 Å². The molecule has 18 heavy (non-hydrogen) atoms. The van der Waals surface area contributed by atoms with Gasteiger partial charge in [0.2, 0.25) is 0 Å². The summed E-state index contributed by atoms with van der Waals surface area (Å²) in [5.41, 5.74) is 2.03. The third-order valence-corrected chi connectivity index (χ3v) is 4.85. The second-order valence-corrected chi connectivity index (χ2v) is 5.96. The predicted octanol–water partition coefficient (Wildman–Crippen LogP) is 2.88. The SMILES string of the molecule is COC1(CC2(c3ccccc3)CC2)CCNCC1. The van der Waals surface area contributed by atoms with E-state index >= 15 is 0 Å². The number of piperidine rings is 1. The molecule has 2 aliphatic rings. The first-order valence-electron chi connectivity index (χ1n) is 7.10. The molecule has 1 aliphatic carbocycles. The van der Waals surface area contributed by atoms with Crippen LogP contribution in [0.2, 0.25) is 0 Å². The van der Waals surface area contributed by atoms with Crippen molar-refractivity contribution in [3.63, 3.8) is 0 Å². The molecule has 1 saturated carbocycles. The normalized spacial score (nSPS) is 24.7. The fourth-order valence-corrected chi connectivity index (χ4v) is 3.46. The van der Waals surface area contributed by atoms with E-state index in [2.05, 4.69) is 35.6 Å². The van der Waals surface area contributed by atoms with Gasteiger partial charge in [0, 0.05) is 7.11 Å². The molecular weight excluding hydrogens is 222 g/mol. The number of ether oxygens (including phenoxy) is 1. The largest absolute Gasteiger partial charge is 0.378 e. The zero-order chi connectivity index (χ0) is 12.5. The number of hydrogen-bond donors (Lipinski definition) is 1. The van der Waals surface area contributed by atoms with Crippen LogP contribution in [0.3, 0.4) is 0 Å². The van der Waals surface area contributed by atoms with E-state index in [-0.39, 0.29) is 5.60 Å². The number of benzene rings is 1. The second-order valence-electron chi connectivity index (χ2n) is 5.96. The highest BCUT2D eigenvalue weighted by molar-refractivity contribution is 5.32. The Labute approximate surface area is 110 Å². The van der Waals surface area contributed by atoms with Crippen molar-refractivity contribution in [3.05, 3.63) is 35.9 Å². The summed E-state index contributed by atoms with van der Waals surface area (Å²) in [5, 5.41) is 3.44. The zero-order valence-corrected chi connectivity index (χ0v) is 11.2. The Bertz CT molecular complexity index is 391. The summed E-state index contributed by atoms with van der Waals surface area (Å²) in [6.45, 7) is 2.19. The minimum Gasteiger partial charge on any atom is -0.378 e. The van der Waals surface area contributed by atoms with Gasteiger partial charge in [0.05, 0.1) is 5.60 Å². The van der Waals surface area contributed by atoms with E-state index in [1.165, 1.54) is 24.8 Å². The number of rotatable bonds is 4. The van der Waals surface area contributed by atoms with Crippen molar-refractivity contribution in [1.82, 2.24) is 5.32 Å². The van der Waals surface area contributed by atoms with Gasteiger partial charge in [-0.15, -0.1) is 0 Å². The van der Waals surface area contributed by atoms with E-state index in [1.54, 1.807) is 0 Å². The number of hydrogen-bond acceptors (Lipinski definition) is 2. The third kappa shape index (κ3) is 2.19.